The summed E-state index contributed by atoms with van der Waals surface area (Å²) in [6.07, 6.45) is 3.12. The number of methoxy groups -OCH3 is 1. The van der Waals surface area contributed by atoms with Gasteiger partial charge in [0.05, 0.1) is 28.6 Å². The zero-order chi connectivity index (χ0) is 14.7. The molecule has 0 aliphatic rings. The third kappa shape index (κ3) is 2.88. The Labute approximate surface area is 129 Å². The SMILES string of the molecule is COc1ncccc1C(=O)CSc1ncnc2ccsc12. The first-order chi connectivity index (χ1) is 10.3. The zero-order valence-electron chi connectivity index (χ0n) is 11.1. The van der Waals surface area contributed by atoms with E-state index in [9.17, 15) is 4.79 Å². The van der Waals surface area contributed by atoms with Crippen molar-refractivity contribution in [1.82, 2.24) is 15.0 Å². The number of ketones is 1. The fraction of sp³-hybridized carbons (Fsp3) is 0.143. The van der Waals surface area contributed by atoms with Crippen LogP contribution in [0.2, 0.25) is 0 Å². The van der Waals surface area contributed by atoms with Crippen LogP contribution in [0.15, 0.2) is 41.1 Å². The third-order valence-corrected chi connectivity index (χ3v) is 4.84. The summed E-state index contributed by atoms with van der Waals surface area (Å²) in [6, 6.07) is 5.38. The highest BCUT2D eigenvalue weighted by molar-refractivity contribution is 8.00. The van der Waals surface area contributed by atoms with Crippen LogP contribution in [-0.4, -0.2) is 33.6 Å². The molecule has 0 aliphatic heterocycles. The van der Waals surface area contributed by atoms with Crippen LogP contribution >= 0.6 is 23.1 Å². The molecule has 0 saturated heterocycles. The molecule has 0 radical (unpaired) electrons. The van der Waals surface area contributed by atoms with Gasteiger partial charge in [0, 0.05) is 6.20 Å². The Balaban J connectivity index is 1.78. The lowest BCUT2D eigenvalue weighted by Gasteiger charge is -2.05. The van der Waals surface area contributed by atoms with Gasteiger partial charge in [0.25, 0.3) is 0 Å². The molecule has 5 nitrogen and oxygen atoms in total. The molecule has 0 N–H and O–H groups in total. The van der Waals surface area contributed by atoms with E-state index in [0.717, 1.165) is 15.2 Å². The van der Waals surface area contributed by atoms with Gasteiger partial charge in [0.1, 0.15) is 11.4 Å². The molecule has 0 aromatic carbocycles. The molecule has 3 heterocycles. The number of carbonyl (C=O) groups is 1. The maximum absolute atomic E-state index is 12.3. The van der Waals surface area contributed by atoms with Crippen molar-refractivity contribution in [2.75, 3.05) is 12.9 Å². The van der Waals surface area contributed by atoms with E-state index in [0.29, 0.717) is 11.4 Å². The second-order valence-electron chi connectivity index (χ2n) is 4.09. The number of thioether (sulfide) groups is 1. The van der Waals surface area contributed by atoms with E-state index in [1.807, 2.05) is 11.4 Å². The first-order valence-corrected chi connectivity index (χ1v) is 7.99. The normalized spacial score (nSPS) is 10.7. The number of hydrogen-bond donors (Lipinski definition) is 0. The molecule has 0 unspecified atom stereocenters. The van der Waals surface area contributed by atoms with Crippen molar-refractivity contribution in [1.29, 1.82) is 0 Å². The number of ether oxygens (including phenoxy) is 1. The molecule has 3 aromatic heterocycles. The van der Waals surface area contributed by atoms with Crippen molar-refractivity contribution in [3.8, 4) is 5.88 Å². The summed E-state index contributed by atoms with van der Waals surface area (Å²) in [7, 11) is 1.51. The quantitative estimate of drug-likeness (QED) is 0.409. The van der Waals surface area contributed by atoms with Crippen molar-refractivity contribution in [2.45, 2.75) is 5.03 Å². The topological polar surface area (TPSA) is 65.0 Å². The molecule has 3 aromatic rings. The summed E-state index contributed by atoms with van der Waals surface area (Å²) in [5.41, 5.74) is 1.40. The van der Waals surface area contributed by atoms with Crippen LogP contribution in [0.25, 0.3) is 10.2 Å². The second-order valence-corrected chi connectivity index (χ2v) is 5.97. The van der Waals surface area contributed by atoms with Crippen LogP contribution in [0, 0.1) is 0 Å². The van der Waals surface area contributed by atoms with E-state index in [2.05, 4.69) is 15.0 Å². The number of aromatic nitrogens is 3. The number of rotatable bonds is 5. The van der Waals surface area contributed by atoms with Gasteiger partial charge in [-0.25, -0.2) is 15.0 Å². The zero-order valence-corrected chi connectivity index (χ0v) is 12.8. The lowest BCUT2D eigenvalue weighted by atomic mass is 10.2. The first-order valence-electron chi connectivity index (χ1n) is 6.13. The van der Waals surface area contributed by atoms with Gasteiger partial charge in [-0.2, -0.15) is 0 Å². The summed E-state index contributed by atoms with van der Waals surface area (Å²) in [5, 5.41) is 2.79. The average molecular weight is 317 g/mol. The van der Waals surface area contributed by atoms with Crippen LogP contribution < -0.4 is 4.74 Å². The van der Waals surface area contributed by atoms with Gasteiger partial charge in [-0.3, -0.25) is 4.79 Å². The number of carbonyl (C=O) groups excluding carboxylic acids is 1. The van der Waals surface area contributed by atoms with Crippen molar-refractivity contribution in [3.63, 3.8) is 0 Å². The van der Waals surface area contributed by atoms with Gasteiger partial charge in [0.15, 0.2) is 5.78 Å². The number of hydrogen-bond acceptors (Lipinski definition) is 7. The fourth-order valence-corrected chi connectivity index (χ4v) is 3.68. The smallest absolute Gasteiger partial charge is 0.224 e. The number of nitrogens with zero attached hydrogens (tertiary/aromatic N) is 3. The molecule has 0 fully saturated rings. The summed E-state index contributed by atoms with van der Waals surface area (Å²) in [5.74, 6) is 0.604. The number of Topliss-reactive ketones (excluding diaryl/α,β-unsaturated/α-hetero) is 1. The van der Waals surface area contributed by atoms with Gasteiger partial charge in [0.2, 0.25) is 5.88 Å². The minimum atomic E-state index is -0.0340. The van der Waals surface area contributed by atoms with Crippen LogP contribution in [0.3, 0.4) is 0 Å². The fourth-order valence-electron chi connectivity index (χ4n) is 1.85. The van der Waals surface area contributed by atoms with Crippen LogP contribution in [0.5, 0.6) is 5.88 Å². The van der Waals surface area contributed by atoms with E-state index < -0.39 is 0 Å². The van der Waals surface area contributed by atoms with Gasteiger partial charge in [-0.15, -0.1) is 11.3 Å². The summed E-state index contributed by atoms with van der Waals surface area (Å²) in [4.78, 5) is 24.8. The van der Waals surface area contributed by atoms with Gasteiger partial charge in [-0.05, 0) is 23.6 Å². The number of thiophene rings is 1. The molecule has 0 amide bonds. The monoisotopic (exact) mass is 317 g/mol. The van der Waals surface area contributed by atoms with Crippen LogP contribution in [0.1, 0.15) is 10.4 Å². The Hall–Kier alpha value is -1.99. The molecular formula is C14H11N3O2S2. The molecule has 0 spiro atoms. The maximum Gasteiger partial charge on any atom is 0.224 e. The number of pyridine rings is 1. The Morgan fingerprint density at radius 1 is 1.33 bits per heavy atom. The molecule has 0 atom stereocenters. The Bertz CT molecular complexity index is 788. The minimum Gasteiger partial charge on any atom is -0.480 e. The van der Waals surface area contributed by atoms with E-state index in [1.165, 1.54) is 25.2 Å². The van der Waals surface area contributed by atoms with Crippen LogP contribution in [-0.2, 0) is 0 Å². The lowest BCUT2D eigenvalue weighted by molar-refractivity contribution is 0.101. The predicted octanol–water partition coefficient (Wildman–Crippen LogP) is 3.07. The Morgan fingerprint density at radius 3 is 3.10 bits per heavy atom. The van der Waals surface area contributed by atoms with Crippen LogP contribution in [0.4, 0.5) is 0 Å². The standard InChI is InChI=1S/C14H11N3O2S2/c1-19-13-9(3-2-5-15-13)11(18)7-21-14-12-10(4-6-20-12)16-8-17-14/h2-6,8H,7H2,1H3. The Morgan fingerprint density at radius 2 is 2.24 bits per heavy atom. The molecular weight excluding hydrogens is 306 g/mol. The molecule has 3 rings (SSSR count). The third-order valence-electron chi connectivity index (χ3n) is 2.82. The minimum absolute atomic E-state index is 0.0340. The first kappa shape index (κ1) is 14.0. The summed E-state index contributed by atoms with van der Waals surface area (Å²) < 4.78 is 6.12. The lowest BCUT2D eigenvalue weighted by Crippen LogP contribution is -2.06. The highest BCUT2D eigenvalue weighted by atomic mass is 32.2. The Kier molecular flexibility index (Phi) is 4.12. The predicted molar refractivity (Wildman–Crippen MR) is 83.3 cm³/mol. The van der Waals surface area contributed by atoms with Gasteiger partial charge < -0.3 is 4.74 Å². The summed E-state index contributed by atoms with van der Waals surface area (Å²) >= 11 is 2.98. The molecule has 21 heavy (non-hydrogen) atoms. The second kappa shape index (κ2) is 6.19. The molecule has 7 heteroatoms. The highest BCUT2D eigenvalue weighted by Crippen LogP contribution is 2.29. The van der Waals surface area contributed by atoms with E-state index in [4.69, 9.17) is 4.74 Å². The molecule has 106 valence electrons. The van der Waals surface area contributed by atoms with E-state index in [-0.39, 0.29) is 11.5 Å². The largest absolute Gasteiger partial charge is 0.480 e. The van der Waals surface area contributed by atoms with Crippen molar-refractivity contribution >= 4 is 39.1 Å². The molecule has 0 aliphatic carbocycles. The van der Waals surface area contributed by atoms with Crippen molar-refractivity contribution in [3.05, 3.63) is 41.7 Å². The van der Waals surface area contributed by atoms with Crippen molar-refractivity contribution in [2.24, 2.45) is 0 Å². The van der Waals surface area contributed by atoms with E-state index in [1.54, 1.807) is 29.7 Å². The maximum atomic E-state index is 12.3. The molecule has 0 saturated carbocycles. The van der Waals surface area contributed by atoms with Gasteiger partial charge in [-0.1, -0.05) is 11.8 Å². The summed E-state index contributed by atoms with van der Waals surface area (Å²) in [6.45, 7) is 0. The number of fused-ring (bicyclic) bond motifs is 1. The van der Waals surface area contributed by atoms with Gasteiger partial charge >= 0.3 is 0 Å². The van der Waals surface area contributed by atoms with Crippen molar-refractivity contribution < 1.29 is 9.53 Å². The molecule has 0 bridgehead atoms. The highest BCUT2D eigenvalue weighted by Gasteiger charge is 2.14. The average Bonchev–Trinajstić information content (AvgIpc) is 3.01. The van der Waals surface area contributed by atoms with E-state index >= 15 is 0 Å².